The molecule has 0 unspecified atom stereocenters. The van der Waals surface area contributed by atoms with Gasteiger partial charge in [-0.1, -0.05) is 41.6 Å². The van der Waals surface area contributed by atoms with Crippen molar-refractivity contribution in [3.8, 4) is 17.1 Å². The van der Waals surface area contributed by atoms with Gasteiger partial charge in [0.25, 0.3) is 5.69 Å². The summed E-state index contributed by atoms with van der Waals surface area (Å²) in [6, 6.07) is 20.8. The number of carboxylic acids is 1. The largest absolute Gasteiger partial charge is 0.478 e. The molecule has 1 N–H and O–H groups in total. The van der Waals surface area contributed by atoms with E-state index in [1.807, 2.05) is 35.8 Å². The zero-order chi connectivity index (χ0) is 22.7. The Labute approximate surface area is 187 Å². The van der Waals surface area contributed by atoms with E-state index in [9.17, 15) is 14.9 Å². The molecule has 1 aromatic heterocycles. The average molecular weight is 446 g/mol. The average Bonchev–Trinajstić information content (AvgIpc) is 3.22. The molecule has 0 saturated heterocycles. The molecule has 0 aliphatic rings. The summed E-state index contributed by atoms with van der Waals surface area (Å²) in [5, 5.41) is 29.4. The van der Waals surface area contributed by atoms with Gasteiger partial charge in [0.05, 0.1) is 10.5 Å². The van der Waals surface area contributed by atoms with E-state index in [-0.39, 0.29) is 11.3 Å². The van der Waals surface area contributed by atoms with Crippen LogP contribution in [-0.2, 0) is 5.75 Å². The van der Waals surface area contributed by atoms with E-state index in [4.69, 9.17) is 5.11 Å². The predicted octanol–water partition coefficient (Wildman–Crippen LogP) is 5.14. The fourth-order valence-corrected chi connectivity index (χ4v) is 4.01. The lowest BCUT2D eigenvalue weighted by Crippen LogP contribution is -2.00. The molecule has 0 fully saturated rings. The Bertz CT molecular complexity index is 1270. The van der Waals surface area contributed by atoms with E-state index in [0.29, 0.717) is 22.3 Å². The molecule has 0 saturated carbocycles. The normalized spacial score (nSPS) is 10.8. The van der Waals surface area contributed by atoms with Crippen LogP contribution in [0.15, 0.2) is 78.0 Å². The first-order chi connectivity index (χ1) is 15.4. The Kier molecular flexibility index (Phi) is 6.00. The fourth-order valence-electron chi connectivity index (χ4n) is 3.10. The van der Waals surface area contributed by atoms with Crippen LogP contribution in [0, 0.1) is 17.0 Å². The van der Waals surface area contributed by atoms with Crippen LogP contribution in [0.2, 0.25) is 0 Å². The molecule has 0 spiro atoms. The third-order valence-corrected chi connectivity index (χ3v) is 5.83. The zero-order valence-electron chi connectivity index (χ0n) is 17.0. The van der Waals surface area contributed by atoms with Crippen molar-refractivity contribution in [2.45, 2.75) is 17.8 Å². The fraction of sp³-hybridized carbons (Fsp3) is 0.0870. The first-order valence-corrected chi connectivity index (χ1v) is 10.6. The van der Waals surface area contributed by atoms with Crippen LogP contribution in [0.5, 0.6) is 0 Å². The van der Waals surface area contributed by atoms with Gasteiger partial charge in [-0.3, -0.25) is 14.7 Å². The molecule has 160 valence electrons. The SMILES string of the molecule is Cc1ccc(-n2c(SCc3ccc(C(=O)O)cc3)nnc2-c2ccc([N+](=O)[O-])cc2)cc1. The molecule has 0 radical (unpaired) electrons. The summed E-state index contributed by atoms with van der Waals surface area (Å²) >= 11 is 1.47. The van der Waals surface area contributed by atoms with Crippen molar-refractivity contribution in [1.29, 1.82) is 0 Å². The van der Waals surface area contributed by atoms with Gasteiger partial charge in [0.2, 0.25) is 0 Å². The smallest absolute Gasteiger partial charge is 0.335 e. The highest BCUT2D eigenvalue weighted by Crippen LogP contribution is 2.30. The Morgan fingerprint density at radius 2 is 1.66 bits per heavy atom. The molecule has 4 rings (SSSR count). The number of thioether (sulfide) groups is 1. The number of aromatic nitrogens is 3. The topological polar surface area (TPSA) is 111 Å². The van der Waals surface area contributed by atoms with Crippen LogP contribution >= 0.6 is 11.8 Å². The van der Waals surface area contributed by atoms with Crippen molar-refractivity contribution in [2.75, 3.05) is 0 Å². The van der Waals surface area contributed by atoms with Crippen LogP contribution in [0.25, 0.3) is 17.1 Å². The number of hydrogen-bond donors (Lipinski definition) is 1. The molecule has 0 amide bonds. The number of non-ortho nitro benzene ring substituents is 1. The number of carboxylic acid groups (broad SMARTS) is 1. The first kappa shape index (κ1) is 21.3. The number of hydrogen-bond acceptors (Lipinski definition) is 6. The molecule has 3 aromatic carbocycles. The molecule has 0 aliphatic heterocycles. The molecule has 0 bridgehead atoms. The van der Waals surface area contributed by atoms with Gasteiger partial charge in [0.15, 0.2) is 11.0 Å². The van der Waals surface area contributed by atoms with E-state index in [0.717, 1.165) is 16.8 Å². The molecular weight excluding hydrogens is 428 g/mol. The standard InChI is InChI=1S/C23H18N4O4S/c1-15-2-10-19(11-3-15)26-21(17-8-12-20(13-9-17)27(30)31)24-25-23(26)32-14-16-4-6-18(7-5-16)22(28)29/h2-13H,14H2,1H3,(H,28,29). The molecule has 0 aliphatic carbocycles. The van der Waals surface area contributed by atoms with Crippen LogP contribution in [-0.4, -0.2) is 30.8 Å². The molecule has 9 heteroatoms. The highest BCUT2D eigenvalue weighted by atomic mass is 32.2. The van der Waals surface area contributed by atoms with Gasteiger partial charge >= 0.3 is 5.97 Å². The van der Waals surface area contributed by atoms with Crippen LogP contribution in [0.1, 0.15) is 21.5 Å². The third-order valence-electron chi connectivity index (χ3n) is 4.83. The van der Waals surface area contributed by atoms with E-state index >= 15 is 0 Å². The highest BCUT2D eigenvalue weighted by Gasteiger charge is 2.17. The van der Waals surface area contributed by atoms with E-state index in [1.165, 1.54) is 23.9 Å². The first-order valence-electron chi connectivity index (χ1n) is 9.64. The minimum absolute atomic E-state index is 0.00885. The summed E-state index contributed by atoms with van der Waals surface area (Å²) in [6.07, 6.45) is 0. The van der Waals surface area contributed by atoms with Crippen molar-refractivity contribution in [2.24, 2.45) is 0 Å². The van der Waals surface area contributed by atoms with Crippen molar-refractivity contribution < 1.29 is 14.8 Å². The summed E-state index contributed by atoms with van der Waals surface area (Å²) in [4.78, 5) is 21.6. The van der Waals surface area contributed by atoms with Gasteiger partial charge in [-0.15, -0.1) is 10.2 Å². The number of nitro groups is 1. The van der Waals surface area contributed by atoms with Gasteiger partial charge in [0, 0.05) is 29.1 Å². The Morgan fingerprint density at radius 1 is 1.00 bits per heavy atom. The predicted molar refractivity (Wildman–Crippen MR) is 121 cm³/mol. The zero-order valence-corrected chi connectivity index (χ0v) is 17.8. The Hall–Kier alpha value is -3.98. The molecular formula is C23H18N4O4S. The Balaban J connectivity index is 1.68. The van der Waals surface area contributed by atoms with Gasteiger partial charge in [0.1, 0.15) is 0 Å². The quantitative estimate of drug-likeness (QED) is 0.238. The second kappa shape index (κ2) is 9.03. The number of rotatable bonds is 7. The monoisotopic (exact) mass is 446 g/mol. The number of nitrogens with zero attached hydrogens (tertiary/aromatic N) is 4. The Morgan fingerprint density at radius 3 is 2.25 bits per heavy atom. The number of nitro benzene ring substituents is 1. The van der Waals surface area contributed by atoms with Crippen molar-refractivity contribution in [3.63, 3.8) is 0 Å². The van der Waals surface area contributed by atoms with Crippen LogP contribution < -0.4 is 0 Å². The van der Waals surface area contributed by atoms with E-state index in [2.05, 4.69) is 10.2 Å². The molecule has 4 aromatic rings. The summed E-state index contributed by atoms with van der Waals surface area (Å²) in [5.74, 6) is 0.188. The number of benzene rings is 3. The van der Waals surface area contributed by atoms with Crippen LogP contribution in [0.3, 0.4) is 0 Å². The second-order valence-electron chi connectivity index (χ2n) is 7.07. The maximum Gasteiger partial charge on any atom is 0.335 e. The lowest BCUT2D eigenvalue weighted by Gasteiger charge is -2.11. The molecule has 1 heterocycles. The third kappa shape index (κ3) is 4.52. The lowest BCUT2D eigenvalue weighted by atomic mass is 10.1. The summed E-state index contributed by atoms with van der Waals surface area (Å²) in [7, 11) is 0. The maximum atomic E-state index is 11.0. The second-order valence-corrected chi connectivity index (χ2v) is 8.01. The number of aromatic carboxylic acids is 1. The minimum atomic E-state index is -0.962. The van der Waals surface area contributed by atoms with Crippen molar-refractivity contribution in [1.82, 2.24) is 14.8 Å². The van der Waals surface area contributed by atoms with Gasteiger partial charge in [-0.2, -0.15) is 0 Å². The molecule has 32 heavy (non-hydrogen) atoms. The van der Waals surface area contributed by atoms with E-state index < -0.39 is 10.9 Å². The summed E-state index contributed by atoms with van der Waals surface area (Å²) in [6.45, 7) is 2.00. The van der Waals surface area contributed by atoms with Gasteiger partial charge in [-0.25, -0.2) is 4.79 Å². The summed E-state index contributed by atoms with van der Waals surface area (Å²) < 4.78 is 1.91. The number of aryl methyl sites for hydroxylation is 1. The van der Waals surface area contributed by atoms with E-state index in [1.54, 1.807) is 36.4 Å². The maximum absolute atomic E-state index is 11.0. The number of carbonyl (C=O) groups is 1. The molecule has 8 nitrogen and oxygen atoms in total. The van der Waals surface area contributed by atoms with Gasteiger partial charge in [-0.05, 0) is 48.9 Å². The summed E-state index contributed by atoms with van der Waals surface area (Å²) in [5.41, 5.74) is 3.90. The van der Waals surface area contributed by atoms with Crippen molar-refractivity contribution >= 4 is 23.4 Å². The highest BCUT2D eigenvalue weighted by molar-refractivity contribution is 7.98. The van der Waals surface area contributed by atoms with Crippen LogP contribution in [0.4, 0.5) is 5.69 Å². The lowest BCUT2D eigenvalue weighted by molar-refractivity contribution is -0.384. The van der Waals surface area contributed by atoms with Gasteiger partial charge < -0.3 is 5.11 Å². The van der Waals surface area contributed by atoms with Crippen molar-refractivity contribution in [3.05, 3.63) is 99.6 Å². The minimum Gasteiger partial charge on any atom is -0.478 e. The molecule has 0 atom stereocenters.